The van der Waals surface area contributed by atoms with Crippen LogP contribution in [0.5, 0.6) is 0 Å². The fourth-order valence-electron chi connectivity index (χ4n) is 4.27. The second-order valence-corrected chi connectivity index (χ2v) is 7.51. The minimum Gasteiger partial charge on any atom is -0.331 e. The van der Waals surface area contributed by atoms with E-state index in [4.69, 9.17) is 17.3 Å². The molecule has 1 aromatic carbocycles. The minimum absolute atomic E-state index is 0. The highest BCUT2D eigenvalue weighted by Gasteiger charge is 2.40. The van der Waals surface area contributed by atoms with E-state index in [1.54, 1.807) is 6.33 Å². The van der Waals surface area contributed by atoms with Crippen molar-refractivity contribution in [3.8, 4) is 0 Å². The molecule has 2 aliphatic rings. The van der Waals surface area contributed by atoms with Crippen LogP contribution in [0.2, 0.25) is 5.02 Å². The first-order valence-electron chi connectivity index (χ1n) is 8.78. The number of nitrogens with zero attached hydrogens (tertiary/aromatic N) is 4. The molecule has 1 fully saturated rings. The van der Waals surface area contributed by atoms with Gasteiger partial charge in [-0.05, 0) is 43.4 Å². The zero-order chi connectivity index (χ0) is 17.4. The summed E-state index contributed by atoms with van der Waals surface area (Å²) in [5.41, 5.74) is 7.35. The predicted octanol–water partition coefficient (Wildman–Crippen LogP) is 3.07. The van der Waals surface area contributed by atoms with Crippen molar-refractivity contribution in [1.82, 2.24) is 19.7 Å². The van der Waals surface area contributed by atoms with Crippen LogP contribution in [0.15, 0.2) is 30.6 Å². The Morgan fingerprint density at radius 1 is 1.22 bits per heavy atom. The predicted molar refractivity (Wildman–Crippen MR) is 110 cm³/mol. The zero-order valence-corrected chi connectivity index (χ0v) is 17.3. The molecule has 6 nitrogen and oxygen atoms in total. The van der Waals surface area contributed by atoms with Gasteiger partial charge in [-0.25, -0.2) is 0 Å². The molecule has 1 saturated carbocycles. The molecule has 0 atom stereocenters. The van der Waals surface area contributed by atoms with Gasteiger partial charge in [-0.15, -0.1) is 35.0 Å². The van der Waals surface area contributed by atoms with Crippen LogP contribution in [0, 0.1) is 0 Å². The van der Waals surface area contributed by atoms with Gasteiger partial charge in [-0.1, -0.05) is 23.7 Å². The molecule has 2 heterocycles. The lowest BCUT2D eigenvalue weighted by Crippen LogP contribution is -2.50. The fourth-order valence-corrected chi connectivity index (χ4v) is 4.46. The van der Waals surface area contributed by atoms with E-state index >= 15 is 0 Å². The van der Waals surface area contributed by atoms with Crippen LogP contribution in [-0.4, -0.2) is 44.7 Å². The van der Waals surface area contributed by atoms with E-state index in [9.17, 15) is 4.79 Å². The van der Waals surface area contributed by atoms with Crippen molar-refractivity contribution < 1.29 is 4.79 Å². The second-order valence-electron chi connectivity index (χ2n) is 7.07. The van der Waals surface area contributed by atoms with Crippen LogP contribution < -0.4 is 5.73 Å². The van der Waals surface area contributed by atoms with Crippen LogP contribution in [0.4, 0.5) is 0 Å². The standard InChI is InChI=1S/C18H22ClN5O.2ClH/c19-14-3-1-2-13(10-14)18(11-20)6-4-15(5-7-18)24-9-8-23-12-21-22-16(23)17(24)25;;/h1-3,10,12,15H,4-9,11,20H2;2*1H. The molecule has 4 rings (SSSR count). The number of hydrogen-bond acceptors (Lipinski definition) is 4. The lowest BCUT2D eigenvalue weighted by Gasteiger charge is -2.44. The molecular weight excluding hydrogens is 409 g/mol. The Balaban J connectivity index is 0.00000131. The minimum atomic E-state index is -0.0414. The van der Waals surface area contributed by atoms with Gasteiger partial charge < -0.3 is 15.2 Å². The summed E-state index contributed by atoms with van der Waals surface area (Å²) in [5.74, 6) is 0.452. The fraction of sp³-hybridized carbons (Fsp3) is 0.500. The summed E-state index contributed by atoms with van der Waals surface area (Å²) in [6.07, 6.45) is 5.45. The third-order valence-electron chi connectivity index (χ3n) is 5.83. The monoisotopic (exact) mass is 431 g/mol. The molecule has 9 heteroatoms. The van der Waals surface area contributed by atoms with Crippen molar-refractivity contribution in [2.45, 2.75) is 43.7 Å². The van der Waals surface area contributed by atoms with Gasteiger partial charge in [0.2, 0.25) is 5.82 Å². The highest BCUT2D eigenvalue weighted by atomic mass is 35.5. The summed E-state index contributed by atoms with van der Waals surface area (Å²) in [6, 6.07) is 8.28. The van der Waals surface area contributed by atoms with E-state index in [0.29, 0.717) is 12.4 Å². The molecule has 1 amide bonds. The van der Waals surface area contributed by atoms with Gasteiger partial charge in [0, 0.05) is 36.1 Å². The number of benzene rings is 1. The summed E-state index contributed by atoms with van der Waals surface area (Å²) >= 11 is 6.18. The molecular formula is C18H24Cl3N5O. The van der Waals surface area contributed by atoms with Crippen molar-refractivity contribution in [3.05, 3.63) is 47.0 Å². The molecule has 1 aliphatic carbocycles. The normalized spacial score (nSPS) is 24.6. The van der Waals surface area contributed by atoms with Gasteiger partial charge in [0.1, 0.15) is 6.33 Å². The Morgan fingerprint density at radius 2 is 1.96 bits per heavy atom. The van der Waals surface area contributed by atoms with E-state index in [-0.39, 0.29) is 42.2 Å². The maximum absolute atomic E-state index is 12.7. The van der Waals surface area contributed by atoms with Crippen molar-refractivity contribution in [2.24, 2.45) is 5.73 Å². The van der Waals surface area contributed by atoms with Crippen molar-refractivity contribution in [2.75, 3.05) is 13.1 Å². The van der Waals surface area contributed by atoms with Crippen LogP contribution in [-0.2, 0) is 12.0 Å². The van der Waals surface area contributed by atoms with Crippen LogP contribution in [0.25, 0.3) is 0 Å². The van der Waals surface area contributed by atoms with Gasteiger partial charge >= 0.3 is 0 Å². The quantitative estimate of drug-likeness (QED) is 0.808. The lowest BCUT2D eigenvalue weighted by atomic mass is 9.68. The summed E-state index contributed by atoms with van der Waals surface area (Å²) < 4.78 is 1.83. The molecule has 2 N–H and O–H groups in total. The Bertz CT molecular complexity index is 789. The first-order valence-corrected chi connectivity index (χ1v) is 9.16. The largest absolute Gasteiger partial charge is 0.331 e. The number of carbonyl (C=O) groups is 1. The summed E-state index contributed by atoms with van der Waals surface area (Å²) in [4.78, 5) is 14.7. The number of fused-ring (bicyclic) bond motifs is 1. The summed E-state index contributed by atoms with van der Waals surface area (Å²) in [6.45, 7) is 2.09. The first kappa shape index (κ1) is 22.0. The zero-order valence-electron chi connectivity index (χ0n) is 14.9. The third kappa shape index (κ3) is 3.94. The first-order chi connectivity index (χ1) is 12.1. The maximum Gasteiger partial charge on any atom is 0.292 e. The number of rotatable bonds is 3. The number of carbonyl (C=O) groups excluding carboxylic acids is 1. The molecule has 148 valence electrons. The summed E-state index contributed by atoms with van der Waals surface area (Å²) in [7, 11) is 0. The molecule has 27 heavy (non-hydrogen) atoms. The maximum atomic E-state index is 12.7. The average Bonchev–Trinajstić information content (AvgIpc) is 3.12. The molecule has 1 aliphatic heterocycles. The SMILES string of the molecule is Cl.Cl.NCC1(c2cccc(Cl)c2)CCC(N2CCn3cnnc3C2=O)CC1. The van der Waals surface area contributed by atoms with Gasteiger partial charge in [0.05, 0.1) is 0 Å². The topological polar surface area (TPSA) is 77.0 Å². The number of nitrogens with two attached hydrogens (primary N) is 1. The molecule has 0 radical (unpaired) electrons. The number of aromatic nitrogens is 3. The smallest absolute Gasteiger partial charge is 0.292 e. The van der Waals surface area contributed by atoms with E-state index in [1.165, 1.54) is 5.56 Å². The van der Waals surface area contributed by atoms with Crippen molar-refractivity contribution >= 4 is 42.3 Å². The molecule has 0 spiro atoms. The molecule has 0 unspecified atom stereocenters. The Labute approximate surface area is 176 Å². The van der Waals surface area contributed by atoms with E-state index < -0.39 is 0 Å². The summed E-state index contributed by atoms with van der Waals surface area (Å²) in [5, 5.41) is 8.57. The van der Waals surface area contributed by atoms with Gasteiger partial charge in [-0.3, -0.25) is 4.79 Å². The number of halogens is 3. The van der Waals surface area contributed by atoms with Crippen LogP contribution in [0.3, 0.4) is 0 Å². The van der Waals surface area contributed by atoms with Crippen molar-refractivity contribution in [3.63, 3.8) is 0 Å². The third-order valence-corrected chi connectivity index (χ3v) is 6.07. The van der Waals surface area contributed by atoms with Crippen LogP contribution >= 0.6 is 36.4 Å². The number of amides is 1. The average molecular weight is 433 g/mol. The van der Waals surface area contributed by atoms with Gasteiger partial charge in [-0.2, -0.15) is 0 Å². The van der Waals surface area contributed by atoms with Gasteiger partial charge in [0.15, 0.2) is 0 Å². The van der Waals surface area contributed by atoms with E-state index in [2.05, 4.69) is 16.3 Å². The van der Waals surface area contributed by atoms with E-state index in [1.807, 2.05) is 27.7 Å². The molecule has 2 aromatic rings. The highest BCUT2D eigenvalue weighted by molar-refractivity contribution is 6.30. The molecule has 0 saturated heterocycles. The van der Waals surface area contributed by atoms with Crippen molar-refractivity contribution in [1.29, 1.82) is 0 Å². The Hall–Kier alpha value is -1.34. The lowest BCUT2D eigenvalue weighted by molar-refractivity contribution is 0.0522. The number of hydrogen-bond donors (Lipinski definition) is 1. The second kappa shape index (κ2) is 8.78. The Kier molecular flexibility index (Phi) is 7.14. The Morgan fingerprint density at radius 3 is 2.63 bits per heavy atom. The highest BCUT2D eigenvalue weighted by Crippen LogP contribution is 2.41. The van der Waals surface area contributed by atoms with E-state index in [0.717, 1.165) is 43.8 Å². The molecule has 1 aromatic heterocycles. The van der Waals surface area contributed by atoms with Crippen LogP contribution in [0.1, 0.15) is 41.9 Å². The van der Waals surface area contributed by atoms with Gasteiger partial charge in [0.25, 0.3) is 5.91 Å². The molecule has 0 bridgehead atoms.